The summed E-state index contributed by atoms with van der Waals surface area (Å²) in [5.41, 5.74) is 25.9. The molecule has 12 nitrogen and oxygen atoms in total. The maximum absolute atomic E-state index is 6.01. The number of aliphatic imine (C=N–C) groups is 4. The number of hydrogen-bond acceptors (Lipinski definition) is 12. The van der Waals surface area contributed by atoms with Crippen LogP contribution in [0.3, 0.4) is 0 Å². The second-order valence-electron chi connectivity index (χ2n) is 9.41. The second kappa shape index (κ2) is 9.47. The number of benzene rings is 2. The Morgan fingerprint density at radius 2 is 1.06 bits per heavy atom. The van der Waals surface area contributed by atoms with Crippen LogP contribution >= 0.6 is 0 Å². The zero-order valence-corrected chi connectivity index (χ0v) is 20.8. The molecule has 2 aliphatic rings. The highest BCUT2D eigenvalue weighted by atomic mass is 16.7. The molecule has 0 fully saturated rings. The van der Waals surface area contributed by atoms with E-state index in [2.05, 4.69) is 32.1 Å². The first kappa shape index (κ1) is 24.9. The van der Waals surface area contributed by atoms with Crippen molar-refractivity contribution in [2.45, 2.75) is 52.2 Å². The molecule has 8 N–H and O–H groups in total. The predicted molar refractivity (Wildman–Crippen MR) is 140 cm³/mol. The molecule has 2 aromatic rings. The molecule has 190 valence electrons. The molecule has 0 unspecified atom stereocenters. The fourth-order valence-corrected chi connectivity index (χ4v) is 4.00. The Labute approximate surface area is 209 Å². The van der Waals surface area contributed by atoms with Crippen LogP contribution in [0, 0.1) is 0 Å². The molecular formula is C24H32N10O2. The quantitative estimate of drug-likeness (QED) is 0.450. The number of hydroxylamine groups is 4. The summed E-state index contributed by atoms with van der Waals surface area (Å²) in [6.45, 7) is 7.93. The van der Waals surface area contributed by atoms with Crippen LogP contribution in [0.15, 0.2) is 68.5 Å². The van der Waals surface area contributed by atoms with Gasteiger partial charge in [0.2, 0.25) is 23.8 Å². The van der Waals surface area contributed by atoms with Crippen molar-refractivity contribution in [3.05, 3.63) is 59.7 Å². The lowest BCUT2D eigenvalue weighted by Crippen LogP contribution is -2.53. The highest BCUT2D eigenvalue weighted by Gasteiger charge is 2.34. The zero-order valence-electron chi connectivity index (χ0n) is 20.8. The lowest BCUT2D eigenvalue weighted by molar-refractivity contribution is -0.166. The van der Waals surface area contributed by atoms with E-state index < -0.39 is 11.3 Å². The van der Waals surface area contributed by atoms with E-state index >= 15 is 0 Å². The van der Waals surface area contributed by atoms with Crippen molar-refractivity contribution in [1.29, 1.82) is 0 Å². The second-order valence-corrected chi connectivity index (χ2v) is 9.41. The summed E-state index contributed by atoms with van der Waals surface area (Å²) in [4.78, 5) is 28.5. The average Bonchev–Trinajstić information content (AvgIpc) is 2.77. The van der Waals surface area contributed by atoms with E-state index in [-0.39, 0.29) is 37.1 Å². The fourth-order valence-electron chi connectivity index (χ4n) is 4.00. The molecule has 2 aliphatic heterocycles. The van der Waals surface area contributed by atoms with E-state index in [1.165, 1.54) is 10.1 Å². The van der Waals surface area contributed by atoms with E-state index in [1.54, 1.807) is 0 Å². The van der Waals surface area contributed by atoms with Crippen LogP contribution < -0.4 is 22.9 Å². The van der Waals surface area contributed by atoms with Gasteiger partial charge in [0.15, 0.2) is 11.3 Å². The van der Waals surface area contributed by atoms with Crippen LogP contribution in [0.4, 0.5) is 0 Å². The van der Waals surface area contributed by atoms with Gasteiger partial charge < -0.3 is 22.9 Å². The summed E-state index contributed by atoms with van der Waals surface area (Å²) < 4.78 is 0. The topological polar surface area (TPSA) is 178 Å². The molecule has 2 aromatic carbocycles. The van der Waals surface area contributed by atoms with Crippen molar-refractivity contribution in [2.75, 3.05) is 0 Å². The van der Waals surface area contributed by atoms with Gasteiger partial charge in [0.1, 0.15) is 13.2 Å². The van der Waals surface area contributed by atoms with Gasteiger partial charge in [-0.3, -0.25) is 9.68 Å². The minimum atomic E-state index is -0.768. The summed E-state index contributed by atoms with van der Waals surface area (Å²) in [7, 11) is 0. The van der Waals surface area contributed by atoms with Gasteiger partial charge in [-0.25, -0.2) is 9.98 Å². The summed E-state index contributed by atoms with van der Waals surface area (Å²) in [6.07, 6.45) is 0. The smallest absolute Gasteiger partial charge is 0.226 e. The molecule has 0 radical (unpaired) electrons. The van der Waals surface area contributed by atoms with Crippen LogP contribution in [-0.4, -0.2) is 45.3 Å². The molecule has 0 aliphatic carbocycles. The molecule has 0 spiro atoms. The monoisotopic (exact) mass is 492 g/mol. The Bertz CT molecular complexity index is 1170. The Morgan fingerprint density at radius 3 is 1.42 bits per heavy atom. The van der Waals surface area contributed by atoms with Crippen molar-refractivity contribution in [3.63, 3.8) is 0 Å². The normalized spacial score (nSPS) is 18.8. The summed E-state index contributed by atoms with van der Waals surface area (Å²) in [6, 6.07) is 16.1. The third kappa shape index (κ3) is 5.39. The molecular weight excluding hydrogens is 460 g/mol. The van der Waals surface area contributed by atoms with Gasteiger partial charge in [0.05, 0.1) is 0 Å². The van der Waals surface area contributed by atoms with Gasteiger partial charge in [0.25, 0.3) is 0 Å². The fraction of sp³-hybridized carbons (Fsp3) is 0.333. The van der Waals surface area contributed by atoms with Crippen molar-refractivity contribution in [2.24, 2.45) is 42.9 Å². The lowest BCUT2D eigenvalue weighted by atomic mass is 10.0. The minimum Gasteiger partial charge on any atom is -0.368 e. The number of nitrogens with zero attached hydrogens (tertiary/aromatic N) is 6. The third-order valence-corrected chi connectivity index (χ3v) is 5.55. The van der Waals surface area contributed by atoms with Crippen LogP contribution in [-0.2, 0) is 22.9 Å². The largest absolute Gasteiger partial charge is 0.368 e. The number of nitrogens with two attached hydrogens (primary N) is 4. The molecule has 36 heavy (non-hydrogen) atoms. The van der Waals surface area contributed by atoms with E-state index in [4.69, 9.17) is 32.6 Å². The summed E-state index contributed by atoms with van der Waals surface area (Å²) >= 11 is 0. The molecule has 0 atom stereocenters. The van der Waals surface area contributed by atoms with Crippen molar-refractivity contribution in [1.82, 2.24) is 10.1 Å². The molecule has 0 saturated carbocycles. The first-order valence-electron chi connectivity index (χ1n) is 11.4. The minimum absolute atomic E-state index is 0.124. The van der Waals surface area contributed by atoms with Crippen molar-refractivity contribution >= 4 is 23.8 Å². The van der Waals surface area contributed by atoms with Gasteiger partial charge in [-0.2, -0.15) is 20.1 Å². The molecule has 2 heterocycles. The predicted octanol–water partition coefficient (Wildman–Crippen LogP) is 1.58. The van der Waals surface area contributed by atoms with Gasteiger partial charge in [-0.1, -0.05) is 36.4 Å². The first-order chi connectivity index (χ1) is 16.9. The average molecular weight is 493 g/mol. The Hall–Kier alpha value is -4.16. The van der Waals surface area contributed by atoms with Gasteiger partial charge in [-0.15, -0.1) is 0 Å². The molecule has 0 bridgehead atoms. The third-order valence-electron chi connectivity index (χ3n) is 5.55. The number of guanidine groups is 4. The highest BCUT2D eigenvalue weighted by molar-refractivity contribution is 5.95. The van der Waals surface area contributed by atoms with Crippen LogP contribution in [0.25, 0.3) is 11.1 Å². The van der Waals surface area contributed by atoms with Crippen LogP contribution in [0.1, 0.15) is 38.8 Å². The van der Waals surface area contributed by atoms with Gasteiger partial charge >= 0.3 is 0 Å². The van der Waals surface area contributed by atoms with Crippen LogP contribution in [0.5, 0.6) is 0 Å². The maximum atomic E-state index is 6.01. The Kier molecular flexibility index (Phi) is 6.57. The number of hydrogen-bond donors (Lipinski definition) is 4. The van der Waals surface area contributed by atoms with Gasteiger partial charge in [-0.05, 0) is 62.1 Å². The zero-order chi connectivity index (χ0) is 26.1. The molecule has 0 amide bonds. The van der Waals surface area contributed by atoms with E-state index in [9.17, 15) is 0 Å². The maximum Gasteiger partial charge on any atom is 0.226 e. The number of rotatable bonds is 7. The van der Waals surface area contributed by atoms with Crippen molar-refractivity contribution < 1.29 is 9.68 Å². The van der Waals surface area contributed by atoms with Gasteiger partial charge in [0, 0.05) is 0 Å². The van der Waals surface area contributed by atoms with Crippen LogP contribution in [0.2, 0.25) is 0 Å². The first-order valence-corrected chi connectivity index (χ1v) is 11.4. The van der Waals surface area contributed by atoms with Crippen molar-refractivity contribution in [3.8, 4) is 11.1 Å². The molecule has 12 heteroatoms. The standard InChI is InChI=1S/C24H32N10O2/c1-23(2)31-19(25)29-21(27)33(23)35-13-15-7-5-9-17(11-15)18-10-6-8-16(12-18)14-36-34-22(28)30-20(26)32-24(34,3)4/h5-12H,13-14H2,1-4H3,(H4,25,27,29,31)(H4,26,28,30,32). The highest BCUT2D eigenvalue weighted by Crippen LogP contribution is 2.26. The van der Waals surface area contributed by atoms with E-state index in [0.29, 0.717) is 0 Å². The SMILES string of the molecule is CC1(C)N=C(N)N=C(N)N1OCc1cccc(-c2cccc(CON3C(N)=NC(N)=NC3(C)C)c2)c1. The van der Waals surface area contributed by atoms with E-state index in [0.717, 1.165) is 22.3 Å². The molecule has 4 rings (SSSR count). The van der Waals surface area contributed by atoms with E-state index in [1.807, 2.05) is 64.1 Å². The summed E-state index contributed by atoms with van der Waals surface area (Å²) in [5, 5.41) is 2.92. The summed E-state index contributed by atoms with van der Waals surface area (Å²) in [5.74, 6) is 0.567. The molecule has 0 saturated heterocycles. The lowest BCUT2D eigenvalue weighted by Gasteiger charge is -2.36. The molecule has 0 aromatic heterocycles. The Balaban J connectivity index is 1.44. The Morgan fingerprint density at radius 1 is 0.667 bits per heavy atom.